The number of hydrogen-bond donors (Lipinski definition) is 0. The van der Waals surface area contributed by atoms with Crippen molar-refractivity contribution in [1.82, 2.24) is 19.1 Å². The molecule has 2 heterocycles. The van der Waals surface area contributed by atoms with Crippen LogP contribution >= 0.6 is 0 Å². The molecule has 0 saturated heterocycles. The standard InChI is InChI=1S/C16H18N4O2/c1-11(2)8-19-10-17-14-13(19)15(21)18-16(22)20(14)9-12-6-4-3-5-7-12/h3-7,10-11H,8-9H2,1-2H3,(H,18,21,22)/p-1. The number of benzene rings is 1. The highest BCUT2D eigenvalue weighted by Gasteiger charge is 2.12. The number of hydrogen-bond acceptors (Lipinski definition) is 4. The molecule has 22 heavy (non-hydrogen) atoms. The minimum Gasteiger partial charge on any atom is -0.857 e. The van der Waals surface area contributed by atoms with Crippen molar-refractivity contribution in [3.63, 3.8) is 0 Å². The fraction of sp³-hybridized carbons (Fsp3) is 0.312. The summed E-state index contributed by atoms with van der Waals surface area (Å²) in [6, 6.07) is 9.58. The van der Waals surface area contributed by atoms with Crippen LogP contribution in [0.1, 0.15) is 19.4 Å². The molecule has 0 bridgehead atoms. The molecule has 0 radical (unpaired) electrons. The zero-order chi connectivity index (χ0) is 15.7. The molecule has 0 aliphatic heterocycles. The Morgan fingerprint density at radius 1 is 1.23 bits per heavy atom. The monoisotopic (exact) mass is 297 g/mol. The van der Waals surface area contributed by atoms with Gasteiger partial charge in [-0.1, -0.05) is 44.2 Å². The average molecular weight is 297 g/mol. The molecule has 0 N–H and O–H groups in total. The molecule has 114 valence electrons. The van der Waals surface area contributed by atoms with E-state index in [0.29, 0.717) is 30.2 Å². The van der Waals surface area contributed by atoms with Crippen molar-refractivity contribution in [2.45, 2.75) is 26.9 Å². The normalized spacial score (nSPS) is 11.4. The van der Waals surface area contributed by atoms with Crippen LogP contribution in [-0.2, 0) is 13.1 Å². The summed E-state index contributed by atoms with van der Waals surface area (Å²) < 4.78 is 3.22. The van der Waals surface area contributed by atoms with Crippen molar-refractivity contribution in [2.24, 2.45) is 5.92 Å². The predicted octanol–water partition coefficient (Wildman–Crippen LogP) is 1.37. The van der Waals surface area contributed by atoms with E-state index in [4.69, 9.17) is 0 Å². The minimum atomic E-state index is -0.559. The second-order valence-electron chi connectivity index (χ2n) is 5.73. The molecule has 0 fully saturated rings. The lowest BCUT2D eigenvalue weighted by molar-refractivity contribution is -0.273. The first-order valence-corrected chi connectivity index (χ1v) is 7.23. The van der Waals surface area contributed by atoms with E-state index in [1.807, 2.05) is 30.3 Å². The van der Waals surface area contributed by atoms with Crippen LogP contribution in [0.25, 0.3) is 11.2 Å². The highest BCUT2D eigenvalue weighted by atomic mass is 16.3. The molecule has 0 amide bonds. The molecule has 6 heteroatoms. The lowest BCUT2D eigenvalue weighted by Crippen LogP contribution is -2.26. The molecule has 0 aliphatic carbocycles. The van der Waals surface area contributed by atoms with Gasteiger partial charge in [0, 0.05) is 12.4 Å². The highest BCUT2D eigenvalue weighted by molar-refractivity contribution is 5.76. The smallest absolute Gasteiger partial charge is 0.349 e. The fourth-order valence-corrected chi connectivity index (χ4v) is 2.52. The van der Waals surface area contributed by atoms with Gasteiger partial charge >= 0.3 is 5.69 Å². The Bertz CT molecular complexity index is 850. The fourth-order valence-electron chi connectivity index (χ4n) is 2.52. The molecule has 2 aromatic heterocycles. The molecule has 3 rings (SSSR count). The van der Waals surface area contributed by atoms with Crippen LogP contribution in [0.3, 0.4) is 0 Å². The van der Waals surface area contributed by atoms with Crippen LogP contribution in [0, 0.1) is 5.92 Å². The molecule has 0 saturated carbocycles. The first-order valence-electron chi connectivity index (χ1n) is 7.23. The first-order chi connectivity index (χ1) is 10.6. The third-order valence-electron chi connectivity index (χ3n) is 3.45. The van der Waals surface area contributed by atoms with Crippen LogP contribution in [0.4, 0.5) is 0 Å². The van der Waals surface area contributed by atoms with Crippen LogP contribution in [0.15, 0.2) is 41.5 Å². The molecule has 3 aromatic rings. The van der Waals surface area contributed by atoms with Gasteiger partial charge in [-0.15, -0.1) is 0 Å². The quantitative estimate of drug-likeness (QED) is 0.729. The second-order valence-corrected chi connectivity index (χ2v) is 5.73. The summed E-state index contributed by atoms with van der Waals surface area (Å²) in [5.41, 5.74) is 1.19. The van der Waals surface area contributed by atoms with Crippen LogP contribution < -0.4 is 10.8 Å². The maximum atomic E-state index is 12.1. The van der Waals surface area contributed by atoms with Crippen molar-refractivity contribution < 1.29 is 5.11 Å². The maximum absolute atomic E-state index is 12.1. The summed E-state index contributed by atoms with van der Waals surface area (Å²) in [6.45, 7) is 5.13. The molecule has 6 nitrogen and oxygen atoms in total. The Morgan fingerprint density at radius 2 is 1.95 bits per heavy atom. The van der Waals surface area contributed by atoms with Gasteiger partial charge in [-0.05, 0) is 11.5 Å². The molecule has 1 aromatic carbocycles. The summed E-state index contributed by atoms with van der Waals surface area (Å²) in [5.74, 6) is -0.145. The van der Waals surface area contributed by atoms with E-state index in [1.54, 1.807) is 10.9 Å². The predicted molar refractivity (Wildman–Crippen MR) is 81.6 cm³/mol. The first kappa shape index (κ1) is 14.3. The van der Waals surface area contributed by atoms with Crippen LogP contribution in [-0.4, -0.2) is 19.1 Å². The average Bonchev–Trinajstić information content (AvgIpc) is 2.88. The van der Waals surface area contributed by atoms with Gasteiger partial charge < -0.3 is 9.67 Å². The summed E-state index contributed by atoms with van der Waals surface area (Å²) in [4.78, 5) is 20.0. The Balaban J connectivity index is 2.14. The largest absolute Gasteiger partial charge is 0.857 e. The van der Waals surface area contributed by atoms with Crippen molar-refractivity contribution in [3.8, 4) is 5.88 Å². The van der Waals surface area contributed by atoms with E-state index < -0.39 is 11.6 Å². The van der Waals surface area contributed by atoms with Gasteiger partial charge in [-0.25, -0.2) is 14.8 Å². The summed E-state index contributed by atoms with van der Waals surface area (Å²) in [6.07, 6.45) is 1.61. The molecular formula is C16H17N4O2-. The van der Waals surface area contributed by atoms with E-state index in [0.717, 1.165) is 5.56 Å². The van der Waals surface area contributed by atoms with Gasteiger partial charge in [0.15, 0.2) is 5.65 Å². The van der Waals surface area contributed by atoms with Gasteiger partial charge in [-0.3, -0.25) is 4.57 Å². The number of rotatable bonds is 4. The Kier molecular flexibility index (Phi) is 3.66. The van der Waals surface area contributed by atoms with Gasteiger partial charge in [0.1, 0.15) is 0 Å². The van der Waals surface area contributed by atoms with Gasteiger partial charge in [0.05, 0.1) is 18.4 Å². The van der Waals surface area contributed by atoms with Crippen molar-refractivity contribution in [2.75, 3.05) is 0 Å². The number of nitrogens with zero attached hydrogens (tertiary/aromatic N) is 4. The molecule has 0 atom stereocenters. The van der Waals surface area contributed by atoms with Gasteiger partial charge in [0.2, 0.25) is 0 Å². The SMILES string of the molecule is CC(C)Cn1cnc2c1c([O-])nc(=O)n2Cc1ccccc1. The Morgan fingerprint density at radius 3 is 2.64 bits per heavy atom. The van der Waals surface area contributed by atoms with Crippen molar-refractivity contribution >= 4 is 11.2 Å². The highest BCUT2D eigenvalue weighted by Crippen LogP contribution is 2.19. The van der Waals surface area contributed by atoms with Gasteiger partial charge in [0.25, 0.3) is 0 Å². The van der Waals surface area contributed by atoms with Crippen molar-refractivity contribution in [3.05, 3.63) is 52.7 Å². The van der Waals surface area contributed by atoms with E-state index in [2.05, 4.69) is 23.8 Å². The van der Waals surface area contributed by atoms with E-state index in [1.165, 1.54) is 4.57 Å². The third-order valence-corrected chi connectivity index (χ3v) is 3.45. The number of aromatic nitrogens is 4. The maximum Gasteiger partial charge on any atom is 0.349 e. The zero-order valence-electron chi connectivity index (χ0n) is 12.6. The minimum absolute atomic E-state index is 0.349. The van der Waals surface area contributed by atoms with E-state index in [-0.39, 0.29) is 0 Å². The summed E-state index contributed by atoms with van der Waals surface area (Å²) in [7, 11) is 0. The second kappa shape index (κ2) is 5.63. The summed E-state index contributed by atoms with van der Waals surface area (Å²) >= 11 is 0. The Labute approximate surface area is 127 Å². The number of fused-ring (bicyclic) bond motifs is 1. The van der Waals surface area contributed by atoms with E-state index >= 15 is 0 Å². The van der Waals surface area contributed by atoms with Gasteiger partial charge in [-0.2, -0.15) is 0 Å². The number of imidazole rings is 1. The summed E-state index contributed by atoms with van der Waals surface area (Å²) in [5, 5.41) is 12.1. The van der Waals surface area contributed by atoms with E-state index in [9.17, 15) is 9.90 Å². The topological polar surface area (TPSA) is 75.8 Å². The lowest BCUT2D eigenvalue weighted by atomic mass is 10.2. The molecule has 0 aliphatic rings. The molecule has 0 unspecified atom stereocenters. The molecule has 0 spiro atoms. The molecular weight excluding hydrogens is 280 g/mol. The van der Waals surface area contributed by atoms with Crippen LogP contribution in [0.5, 0.6) is 5.88 Å². The third kappa shape index (κ3) is 2.59. The van der Waals surface area contributed by atoms with Crippen molar-refractivity contribution in [1.29, 1.82) is 0 Å². The zero-order valence-corrected chi connectivity index (χ0v) is 12.6. The lowest BCUT2D eigenvalue weighted by Gasteiger charge is -2.14. The van der Waals surface area contributed by atoms with Crippen LogP contribution in [0.2, 0.25) is 0 Å². The Hall–Kier alpha value is -2.63.